The van der Waals surface area contributed by atoms with Crippen LogP contribution in [0.2, 0.25) is 0 Å². The van der Waals surface area contributed by atoms with Gasteiger partial charge >= 0.3 is 5.97 Å². The van der Waals surface area contributed by atoms with Gasteiger partial charge < -0.3 is 10.4 Å². The van der Waals surface area contributed by atoms with E-state index in [0.29, 0.717) is 0 Å². The Hall–Kier alpha value is -2.02. The molecule has 1 aromatic carbocycles. The summed E-state index contributed by atoms with van der Waals surface area (Å²) in [5.74, 6) is -2.87. The number of aliphatic carboxylic acids is 1. The van der Waals surface area contributed by atoms with Gasteiger partial charge in [0.1, 0.15) is 11.6 Å². The van der Waals surface area contributed by atoms with Crippen molar-refractivity contribution in [2.75, 3.05) is 18.4 Å². The van der Waals surface area contributed by atoms with Crippen LogP contribution in [0.3, 0.4) is 0 Å². The van der Waals surface area contributed by atoms with Crippen molar-refractivity contribution < 1.29 is 23.5 Å². The van der Waals surface area contributed by atoms with Crippen molar-refractivity contribution in [3.63, 3.8) is 0 Å². The Balaban J connectivity index is 2.65. The summed E-state index contributed by atoms with van der Waals surface area (Å²) >= 11 is 0. The van der Waals surface area contributed by atoms with Gasteiger partial charge in [0, 0.05) is 18.7 Å². The Morgan fingerprint density at radius 2 is 2.00 bits per heavy atom. The van der Waals surface area contributed by atoms with Crippen molar-refractivity contribution >= 4 is 17.6 Å². The lowest BCUT2D eigenvalue weighted by Crippen LogP contribution is -2.39. The molecule has 1 aromatic rings. The Morgan fingerprint density at radius 3 is 2.57 bits per heavy atom. The predicted molar refractivity (Wildman–Crippen MR) is 73.9 cm³/mol. The van der Waals surface area contributed by atoms with E-state index < -0.39 is 23.5 Å². The molecule has 0 aliphatic rings. The van der Waals surface area contributed by atoms with Crippen LogP contribution in [0, 0.1) is 11.6 Å². The summed E-state index contributed by atoms with van der Waals surface area (Å²) in [6, 6.07) is 2.73. The largest absolute Gasteiger partial charge is 0.481 e. The molecule has 0 aliphatic carbocycles. The molecule has 0 spiro atoms. The van der Waals surface area contributed by atoms with Crippen LogP contribution in [0.1, 0.15) is 20.3 Å². The summed E-state index contributed by atoms with van der Waals surface area (Å²) in [6.45, 7) is 3.74. The van der Waals surface area contributed by atoms with Crippen LogP contribution >= 0.6 is 0 Å². The zero-order chi connectivity index (χ0) is 16.0. The maximum atomic E-state index is 13.4. The Bertz CT molecular complexity index is 521. The van der Waals surface area contributed by atoms with E-state index in [1.807, 2.05) is 13.8 Å². The number of nitrogens with one attached hydrogen (secondary N) is 1. The molecule has 1 amide bonds. The highest BCUT2D eigenvalue weighted by Crippen LogP contribution is 2.15. The van der Waals surface area contributed by atoms with E-state index >= 15 is 0 Å². The summed E-state index contributed by atoms with van der Waals surface area (Å²) in [4.78, 5) is 24.1. The van der Waals surface area contributed by atoms with E-state index in [0.717, 1.165) is 18.2 Å². The Kier molecular flexibility index (Phi) is 6.23. The molecule has 7 heteroatoms. The monoisotopic (exact) mass is 300 g/mol. The van der Waals surface area contributed by atoms with Crippen LogP contribution in [0.5, 0.6) is 0 Å². The minimum atomic E-state index is -0.961. The van der Waals surface area contributed by atoms with Gasteiger partial charge in [0.25, 0.3) is 0 Å². The second-order valence-electron chi connectivity index (χ2n) is 4.88. The third-order valence-corrected chi connectivity index (χ3v) is 2.89. The van der Waals surface area contributed by atoms with Crippen LogP contribution < -0.4 is 5.32 Å². The summed E-state index contributed by atoms with van der Waals surface area (Å²) < 4.78 is 26.4. The molecule has 2 N–H and O–H groups in total. The SMILES string of the molecule is CC(C)N(CCC(=O)O)CC(=O)Nc1cc(F)ccc1F. The van der Waals surface area contributed by atoms with Crippen molar-refractivity contribution in [2.45, 2.75) is 26.3 Å². The van der Waals surface area contributed by atoms with Crippen LogP contribution in [0.4, 0.5) is 14.5 Å². The smallest absolute Gasteiger partial charge is 0.304 e. The number of anilines is 1. The molecule has 0 saturated heterocycles. The van der Waals surface area contributed by atoms with Crippen LogP contribution in [0.25, 0.3) is 0 Å². The summed E-state index contributed by atoms with van der Waals surface area (Å²) in [5, 5.41) is 10.9. The highest BCUT2D eigenvalue weighted by molar-refractivity contribution is 5.92. The number of rotatable bonds is 7. The Morgan fingerprint density at radius 1 is 1.33 bits per heavy atom. The normalized spacial score (nSPS) is 11.0. The average Bonchev–Trinajstić information content (AvgIpc) is 2.38. The molecule has 0 fully saturated rings. The molecule has 0 unspecified atom stereocenters. The van der Waals surface area contributed by atoms with Gasteiger partial charge in [-0.1, -0.05) is 0 Å². The van der Waals surface area contributed by atoms with E-state index in [4.69, 9.17) is 5.11 Å². The quantitative estimate of drug-likeness (QED) is 0.809. The second-order valence-corrected chi connectivity index (χ2v) is 4.88. The lowest BCUT2D eigenvalue weighted by atomic mass is 10.2. The molecule has 21 heavy (non-hydrogen) atoms. The number of benzene rings is 1. The fourth-order valence-electron chi connectivity index (χ4n) is 1.73. The van der Waals surface area contributed by atoms with E-state index in [1.54, 1.807) is 4.90 Å². The number of hydrogen-bond acceptors (Lipinski definition) is 3. The molecule has 0 saturated carbocycles. The number of nitrogens with zero attached hydrogens (tertiary/aromatic N) is 1. The molecule has 116 valence electrons. The molecule has 1 rings (SSSR count). The fourth-order valence-corrected chi connectivity index (χ4v) is 1.73. The number of carboxylic acids is 1. The van der Waals surface area contributed by atoms with Crippen molar-refractivity contribution in [3.8, 4) is 0 Å². The molecule has 0 aromatic heterocycles. The number of carboxylic acid groups (broad SMARTS) is 1. The number of carbonyl (C=O) groups is 2. The van der Waals surface area contributed by atoms with Gasteiger partial charge in [-0.2, -0.15) is 0 Å². The summed E-state index contributed by atoms with van der Waals surface area (Å²) in [7, 11) is 0. The van der Waals surface area contributed by atoms with E-state index in [9.17, 15) is 18.4 Å². The highest BCUT2D eigenvalue weighted by atomic mass is 19.1. The summed E-state index contributed by atoms with van der Waals surface area (Å²) in [5.41, 5.74) is -0.234. The van der Waals surface area contributed by atoms with Crippen LogP contribution in [0.15, 0.2) is 18.2 Å². The first-order chi connectivity index (χ1) is 9.79. The predicted octanol–water partition coefficient (Wildman–Crippen LogP) is 2.09. The molecule has 0 heterocycles. The number of amides is 1. The zero-order valence-electron chi connectivity index (χ0n) is 11.9. The lowest BCUT2D eigenvalue weighted by Gasteiger charge is -2.25. The maximum absolute atomic E-state index is 13.4. The van der Waals surface area contributed by atoms with Gasteiger partial charge in [-0.05, 0) is 26.0 Å². The van der Waals surface area contributed by atoms with Crippen molar-refractivity contribution in [2.24, 2.45) is 0 Å². The third kappa shape index (κ3) is 5.86. The van der Waals surface area contributed by atoms with Crippen LogP contribution in [-0.4, -0.2) is 41.0 Å². The van der Waals surface area contributed by atoms with E-state index in [2.05, 4.69) is 5.32 Å². The Labute approximate surface area is 121 Å². The summed E-state index contributed by atoms with van der Waals surface area (Å²) in [6.07, 6.45) is -0.0974. The minimum absolute atomic E-state index is 0.0487. The first-order valence-corrected chi connectivity index (χ1v) is 6.50. The van der Waals surface area contributed by atoms with Gasteiger partial charge in [0.2, 0.25) is 5.91 Å². The molecular weight excluding hydrogens is 282 g/mol. The van der Waals surface area contributed by atoms with Gasteiger partial charge in [-0.25, -0.2) is 8.78 Å². The number of carbonyl (C=O) groups excluding carboxylic acids is 1. The molecule has 0 aliphatic heterocycles. The van der Waals surface area contributed by atoms with Crippen molar-refractivity contribution in [3.05, 3.63) is 29.8 Å². The number of hydrogen-bond donors (Lipinski definition) is 2. The molecule has 0 bridgehead atoms. The highest BCUT2D eigenvalue weighted by Gasteiger charge is 2.16. The van der Waals surface area contributed by atoms with Crippen molar-refractivity contribution in [1.82, 2.24) is 4.90 Å². The number of halogens is 2. The molecule has 0 atom stereocenters. The van der Waals surface area contributed by atoms with Crippen molar-refractivity contribution in [1.29, 1.82) is 0 Å². The molecular formula is C14H18F2N2O3. The van der Waals surface area contributed by atoms with E-state index in [-0.39, 0.29) is 31.2 Å². The van der Waals surface area contributed by atoms with Gasteiger partial charge in [0.05, 0.1) is 18.7 Å². The second kappa shape index (κ2) is 7.68. The lowest BCUT2D eigenvalue weighted by molar-refractivity contribution is -0.137. The van der Waals surface area contributed by atoms with Crippen LogP contribution in [-0.2, 0) is 9.59 Å². The van der Waals surface area contributed by atoms with Gasteiger partial charge in [-0.15, -0.1) is 0 Å². The van der Waals surface area contributed by atoms with E-state index in [1.165, 1.54) is 0 Å². The average molecular weight is 300 g/mol. The van der Waals surface area contributed by atoms with Gasteiger partial charge in [-0.3, -0.25) is 14.5 Å². The first-order valence-electron chi connectivity index (χ1n) is 6.50. The maximum Gasteiger partial charge on any atom is 0.304 e. The minimum Gasteiger partial charge on any atom is -0.481 e. The van der Waals surface area contributed by atoms with Gasteiger partial charge in [0.15, 0.2) is 0 Å². The fraction of sp³-hybridized carbons (Fsp3) is 0.429. The third-order valence-electron chi connectivity index (χ3n) is 2.89. The first kappa shape index (κ1) is 17.0. The topological polar surface area (TPSA) is 69.6 Å². The standard InChI is InChI=1S/C14H18F2N2O3/c1-9(2)18(6-5-14(20)21)8-13(19)17-12-7-10(15)3-4-11(12)16/h3-4,7,9H,5-6,8H2,1-2H3,(H,17,19)(H,20,21). The zero-order valence-corrected chi connectivity index (χ0v) is 11.9. The molecule has 0 radical (unpaired) electrons. The molecule has 5 nitrogen and oxygen atoms in total.